The van der Waals surface area contributed by atoms with E-state index in [0.29, 0.717) is 17.5 Å². The van der Waals surface area contributed by atoms with Crippen molar-refractivity contribution in [2.24, 2.45) is 5.41 Å². The lowest BCUT2D eigenvalue weighted by Crippen LogP contribution is -2.54. The Labute approximate surface area is 197 Å². The fourth-order valence-electron chi connectivity index (χ4n) is 4.50. The van der Waals surface area contributed by atoms with Crippen LogP contribution in [-0.4, -0.2) is 34.9 Å². The second-order valence-corrected chi connectivity index (χ2v) is 9.97. The first-order valence-corrected chi connectivity index (χ1v) is 11.9. The molecule has 1 heterocycles. The number of carbonyl (C=O) groups is 2. The fraction of sp³-hybridized carbons (Fsp3) is 0.560. The summed E-state index contributed by atoms with van der Waals surface area (Å²) in [6, 6.07) is 7.67. The Morgan fingerprint density at radius 2 is 1.50 bits per heavy atom. The van der Waals surface area contributed by atoms with E-state index in [4.69, 9.17) is 0 Å². The Morgan fingerprint density at radius 3 is 2.15 bits per heavy atom. The van der Waals surface area contributed by atoms with E-state index < -0.39 is 17.3 Å². The first-order chi connectivity index (χ1) is 16.0. The number of hydrogen-bond acceptors (Lipinski definition) is 4. The van der Waals surface area contributed by atoms with Crippen molar-refractivity contribution in [1.82, 2.24) is 15.6 Å². The van der Waals surface area contributed by atoms with Crippen molar-refractivity contribution in [1.29, 1.82) is 0 Å². The highest BCUT2D eigenvalue weighted by Crippen LogP contribution is 2.34. The van der Waals surface area contributed by atoms with Gasteiger partial charge in [0.25, 0.3) is 0 Å². The van der Waals surface area contributed by atoms with Crippen LogP contribution in [0, 0.1) is 5.41 Å². The molecule has 4 rings (SSSR count). The molecule has 0 bridgehead atoms. The number of alkyl halides is 3. The van der Waals surface area contributed by atoms with Crippen LogP contribution in [0.2, 0.25) is 0 Å². The van der Waals surface area contributed by atoms with Crippen LogP contribution in [0.15, 0.2) is 30.3 Å². The molecule has 0 saturated heterocycles. The van der Waals surface area contributed by atoms with E-state index in [-0.39, 0.29) is 35.5 Å². The van der Waals surface area contributed by atoms with Gasteiger partial charge in [-0.05, 0) is 70.9 Å². The molecule has 1 aromatic carbocycles. The van der Waals surface area contributed by atoms with E-state index >= 15 is 0 Å². The average molecular weight is 477 g/mol. The first-order valence-electron chi connectivity index (χ1n) is 11.9. The Kier molecular flexibility index (Phi) is 6.73. The van der Waals surface area contributed by atoms with Crippen molar-refractivity contribution < 1.29 is 22.8 Å². The summed E-state index contributed by atoms with van der Waals surface area (Å²) in [7, 11) is 0. The number of benzene rings is 1. The summed E-state index contributed by atoms with van der Waals surface area (Å²) in [5, 5.41) is 9.84. The molecule has 2 atom stereocenters. The van der Waals surface area contributed by atoms with Crippen LogP contribution in [0.5, 0.6) is 0 Å². The molecule has 2 aromatic rings. The topological polar surface area (TPSA) is 83.1 Å². The molecule has 34 heavy (non-hydrogen) atoms. The zero-order valence-corrected chi connectivity index (χ0v) is 19.5. The molecule has 2 aliphatic carbocycles. The molecular formula is C25H31F3N4O2. The van der Waals surface area contributed by atoms with Gasteiger partial charge in [0.2, 0.25) is 11.8 Å². The number of nitrogens with one attached hydrogen (secondary N) is 3. The van der Waals surface area contributed by atoms with Gasteiger partial charge in [0.1, 0.15) is 11.1 Å². The average Bonchev–Trinajstić information content (AvgIpc) is 2.75. The zero-order chi connectivity index (χ0) is 24.5. The second kappa shape index (κ2) is 9.43. The molecule has 2 fully saturated rings. The number of fused-ring (bicyclic) bond motifs is 1. The normalized spacial score (nSPS) is 21.6. The van der Waals surface area contributed by atoms with E-state index in [1.54, 1.807) is 38.1 Å². The Balaban J connectivity index is 1.44. The van der Waals surface area contributed by atoms with Gasteiger partial charge in [0.15, 0.2) is 0 Å². The fourth-order valence-corrected chi connectivity index (χ4v) is 4.50. The lowest BCUT2D eigenvalue weighted by molar-refractivity contribution is -0.143. The lowest BCUT2D eigenvalue weighted by atomic mass is 9.86. The SMILES string of the molecule is CC(C)(C(=O)NC1CCC1)C(=O)N[C@@H]1CCC[C@H](Nc2cc(C(F)(F)F)nc3ccccc23)C1. The molecule has 1 aromatic heterocycles. The van der Waals surface area contributed by atoms with E-state index in [9.17, 15) is 22.8 Å². The van der Waals surface area contributed by atoms with Crippen LogP contribution in [0.25, 0.3) is 10.9 Å². The molecule has 2 amide bonds. The molecule has 6 nitrogen and oxygen atoms in total. The number of amides is 2. The van der Waals surface area contributed by atoms with Gasteiger partial charge in [-0.1, -0.05) is 18.2 Å². The quantitative estimate of drug-likeness (QED) is 0.524. The van der Waals surface area contributed by atoms with Crippen molar-refractivity contribution in [3.63, 3.8) is 0 Å². The number of hydrogen-bond donors (Lipinski definition) is 3. The standard InChI is InChI=1S/C25H31F3N4O2/c1-24(2,22(33)30-15-7-5-8-15)23(34)31-17-10-6-9-16(13-17)29-20-14-21(25(26,27)28)32-19-12-4-3-11-18(19)20/h3-4,11-12,14-17H,5-10,13H2,1-2H3,(H,29,32)(H,30,33)(H,31,34)/t16-,17+/m0/s1. The maximum atomic E-state index is 13.4. The molecule has 0 radical (unpaired) electrons. The van der Waals surface area contributed by atoms with E-state index in [0.717, 1.165) is 44.6 Å². The Morgan fingerprint density at radius 1 is 0.912 bits per heavy atom. The molecule has 2 aliphatic rings. The number of rotatable bonds is 6. The van der Waals surface area contributed by atoms with Gasteiger partial charge >= 0.3 is 6.18 Å². The Bertz CT molecular complexity index is 1070. The molecule has 3 N–H and O–H groups in total. The summed E-state index contributed by atoms with van der Waals surface area (Å²) in [5.74, 6) is -0.605. The predicted molar refractivity (Wildman–Crippen MR) is 124 cm³/mol. The number of para-hydroxylation sites is 1. The highest BCUT2D eigenvalue weighted by molar-refractivity contribution is 6.04. The number of halogens is 3. The van der Waals surface area contributed by atoms with Crippen LogP contribution in [-0.2, 0) is 15.8 Å². The third-order valence-electron chi connectivity index (χ3n) is 6.95. The number of carbonyl (C=O) groups excluding carboxylic acids is 2. The summed E-state index contributed by atoms with van der Waals surface area (Å²) < 4.78 is 40.2. The smallest absolute Gasteiger partial charge is 0.382 e. The third-order valence-corrected chi connectivity index (χ3v) is 6.95. The van der Waals surface area contributed by atoms with Crippen LogP contribution >= 0.6 is 0 Å². The Hall–Kier alpha value is -2.84. The molecule has 0 aliphatic heterocycles. The minimum Gasteiger partial charge on any atom is -0.382 e. The van der Waals surface area contributed by atoms with Gasteiger partial charge in [0, 0.05) is 29.2 Å². The largest absolute Gasteiger partial charge is 0.433 e. The van der Waals surface area contributed by atoms with Crippen LogP contribution in [0.4, 0.5) is 18.9 Å². The minimum atomic E-state index is -4.55. The van der Waals surface area contributed by atoms with E-state index in [2.05, 4.69) is 20.9 Å². The van der Waals surface area contributed by atoms with Crippen molar-refractivity contribution in [2.45, 2.75) is 83.1 Å². The van der Waals surface area contributed by atoms with Gasteiger partial charge in [0.05, 0.1) is 5.52 Å². The monoisotopic (exact) mass is 476 g/mol. The van der Waals surface area contributed by atoms with Gasteiger partial charge < -0.3 is 16.0 Å². The van der Waals surface area contributed by atoms with Crippen molar-refractivity contribution >= 4 is 28.4 Å². The zero-order valence-electron chi connectivity index (χ0n) is 19.5. The summed E-state index contributed by atoms with van der Waals surface area (Å²) in [6.45, 7) is 3.24. The lowest BCUT2D eigenvalue weighted by Gasteiger charge is -2.34. The molecule has 0 spiro atoms. The highest BCUT2D eigenvalue weighted by atomic mass is 19.4. The van der Waals surface area contributed by atoms with Crippen molar-refractivity contribution in [2.75, 3.05) is 5.32 Å². The molecule has 9 heteroatoms. The maximum Gasteiger partial charge on any atom is 0.433 e. The van der Waals surface area contributed by atoms with Crippen LogP contribution in [0.1, 0.15) is 64.5 Å². The molecule has 184 valence electrons. The minimum absolute atomic E-state index is 0.113. The third kappa shape index (κ3) is 5.28. The second-order valence-electron chi connectivity index (χ2n) is 9.97. The van der Waals surface area contributed by atoms with Gasteiger partial charge in [-0.2, -0.15) is 13.2 Å². The summed E-state index contributed by atoms with van der Waals surface area (Å²) in [5.41, 5.74) is -1.47. The molecule has 0 unspecified atom stereocenters. The predicted octanol–water partition coefficient (Wildman–Crippen LogP) is 4.79. The number of nitrogens with zero attached hydrogens (tertiary/aromatic N) is 1. The summed E-state index contributed by atoms with van der Waals surface area (Å²) in [6.07, 6.45) is 1.33. The van der Waals surface area contributed by atoms with Crippen molar-refractivity contribution in [3.05, 3.63) is 36.0 Å². The van der Waals surface area contributed by atoms with E-state index in [1.807, 2.05) is 0 Å². The number of pyridine rings is 1. The van der Waals surface area contributed by atoms with E-state index in [1.165, 1.54) is 0 Å². The summed E-state index contributed by atoms with van der Waals surface area (Å²) in [4.78, 5) is 29.3. The molecule has 2 saturated carbocycles. The highest BCUT2D eigenvalue weighted by Gasteiger charge is 2.39. The van der Waals surface area contributed by atoms with Crippen LogP contribution in [0.3, 0.4) is 0 Å². The van der Waals surface area contributed by atoms with Gasteiger partial charge in [-0.15, -0.1) is 0 Å². The summed E-state index contributed by atoms with van der Waals surface area (Å²) >= 11 is 0. The van der Waals surface area contributed by atoms with Gasteiger partial charge in [-0.25, -0.2) is 4.98 Å². The number of anilines is 1. The molecular weight excluding hydrogens is 445 g/mol. The van der Waals surface area contributed by atoms with Crippen LogP contribution < -0.4 is 16.0 Å². The maximum absolute atomic E-state index is 13.4. The number of aromatic nitrogens is 1. The van der Waals surface area contributed by atoms with Gasteiger partial charge in [-0.3, -0.25) is 9.59 Å². The first kappa shape index (κ1) is 24.3. The van der Waals surface area contributed by atoms with Crippen molar-refractivity contribution in [3.8, 4) is 0 Å².